The number of halogens is 2. The van der Waals surface area contributed by atoms with Crippen LogP contribution in [0, 0.1) is 0 Å². The number of carbonyl (C=O) groups is 1. The van der Waals surface area contributed by atoms with Gasteiger partial charge in [0.05, 0.1) is 5.02 Å². The Hall–Kier alpha value is -1.04. The van der Waals surface area contributed by atoms with Crippen LogP contribution in [0.25, 0.3) is 0 Å². The summed E-state index contributed by atoms with van der Waals surface area (Å²) in [4.78, 5) is 25.5. The molecule has 2 rings (SSSR count). The SMILES string of the molecule is O=C(CCn1cc(Cl)cc(Cl)c1=O)N1CCNCC1. The maximum absolute atomic E-state index is 12.0. The van der Waals surface area contributed by atoms with Gasteiger partial charge in [-0.1, -0.05) is 23.2 Å². The highest BCUT2D eigenvalue weighted by Crippen LogP contribution is 2.11. The van der Waals surface area contributed by atoms with E-state index in [0.29, 0.717) is 24.7 Å². The number of carbonyl (C=O) groups excluding carboxylic acids is 1. The van der Waals surface area contributed by atoms with Crippen molar-refractivity contribution < 1.29 is 4.79 Å². The minimum absolute atomic E-state index is 0.0458. The topological polar surface area (TPSA) is 54.3 Å². The first-order chi connectivity index (χ1) is 9.08. The second-order valence-electron chi connectivity index (χ2n) is 4.39. The molecule has 1 fully saturated rings. The third-order valence-corrected chi connectivity index (χ3v) is 3.52. The lowest BCUT2D eigenvalue weighted by atomic mass is 10.3. The third-order valence-electron chi connectivity index (χ3n) is 3.05. The summed E-state index contributed by atoms with van der Waals surface area (Å²) in [7, 11) is 0. The summed E-state index contributed by atoms with van der Waals surface area (Å²) in [5, 5.41) is 3.64. The van der Waals surface area contributed by atoms with Crippen molar-refractivity contribution in [1.29, 1.82) is 0 Å². The average molecular weight is 304 g/mol. The molecule has 1 aliphatic rings. The van der Waals surface area contributed by atoms with Gasteiger partial charge in [-0.15, -0.1) is 0 Å². The Kier molecular flexibility index (Phi) is 4.85. The van der Waals surface area contributed by atoms with Gasteiger partial charge in [-0.2, -0.15) is 0 Å². The van der Waals surface area contributed by atoms with E-state index >= 15 is 0 Å². The number of aryl methyl sites for hydroxylation is 1. The zero-order chi connectivity index (χ0) is 13.8. The Bertz CT molecular complexity index is 524. The zero-order valence-corrected chi connectivity index (χ0v) is 11.9. The normalized spacial score (nSPS) is 15.6. The van der Waals surface area contributed by atoms with Crippen molar-refractivity contribution in [2.45, 2.75) is 13.0 Å². The number of hydrogen-bond acceptors (Lipinski definition) is 3. The molecule has 0 spiro atoms. The van der Waals surface area contributed by atoms with Gasteiger partial charge in [-0.3, -0.25) is 9.59 Å². The fraction of sp³-hybridized carbons (Fsp3) is 0.500. The number of hydrogen-bond donors (Lipinski definition) is 1. The fourth-order valence-corrected chi connectivity index (χ4v) is 2.53. The van der Waals surface area contributed by atoms with Crippen LogP contribution < -0.4 is 10.9 Å². The van der Waals surface area contributed by atoms with E-state index in [1.165, 1.54) is 16.8 Å². The number of amides is 1. The Balaban J connectivity index is 1.98. The number of pyridine rings is 1. The Morgan fingerprint density at radius 2 is 2.00 bits per heavy atom. The quantitative estimate of drug-likeness (QED) is 0.905. The highest BCUT2D eigenvalue weighted by Gasteiger charge is 2.16. The maximum atomic E-state index is 12.0. The molecule has 104 valence electrons. The number of nitrogens with one attached hydrogen (secondary N) is 1. The molecule has 2 heterocycles. The lowest BCUT2D eigenvalue weighted by Gasteiger charge is -2.27. The first kappa shape index (κ1) is 14.4. The van der Waals surface area contributed by atoms with Crippen molar-refractivity contribution in [3.05, 3.63) is 32.7 Å². The molecule has 0 unspecified atom stereocenters. The molecule has 1 N–H and O–H groups in total. The van der Waals surface area contributed by atoms with E-state index in [0.717, 1.165) is 13.1 Å². The molecule has 5 nitrogen and oxygen atoms in total. The maximum Gasteiger partial charge on any atom is 0.269 e. The molecule has 1 aromatic heterocycles. The molecule has 1 saturated heterocycles. The number of aromatic nitrogens is 1. The van der Waals surface area contributed by atoms with Crippen LogP contribution in [0.5, 0.6) is 0 Å². The fourth-order valence-electron chi connectivity index (χ4n) is 2.02. The number of rotatable bonds is 3. The summed E-state index contributed by atoms with van der Waals surface area (Å²) in [6, 6.07) is 1.40. The molecule has 0 atom stereocenters. The molecule has 0 radical (unpaired) electrons. The van der Waals surface area contributed by atoms with Crippen LogP contribution in [-0.4, -0.2) is 41.6 Å². The van der Waals surface area contributed by atoms with Crippen LogP contribution in [0.3, 0.4) is 0 Å². The van der Waals surface area contributed by atoms with Gasteiger partial charge in [0.1, 0.15) is 5.02 Å². The molecule has 19 heavy (non-hydrogen) atoms. The van der Waals surface area contributed by atoms with Crippen LogP contribution in [0.4, 0.5) is 0 Å². The van der Waals surface area contributed by atoms with Gasteiger partial charge in [0.25, 0.3) is 5.56 Å². The summed E-state index contributed by atoms with van der Waals surface area (Å²) >= 11 is 11.6. The van der Waals surface area contributed by atoms with Crippen molar-refractivity contribution in [3.8, 4) is 0 Å². The van der Waals surface area contributed by atoms with Gasteiger partial charge >= 0.3 is 0 Å². The van der Waals surface area contributed by atoms with Gasteiger partial charge < -0.3 is 14.8 Å². The van der Waals surface area contributed by atoms with Crippen molar-refractivity contribution in [2.24, 2.45) is 0 Å². The molecule has 0 aromatic carbocycles. The highest BCUT2D eigenvalue weighted by atomic mass is 35.5. The number of nitrogens with zero attached hydrogens (tertiary/aromatic N) is 2. The summed E-state index contributed by atoms with van der Waals surface area (Å²) < 4.78 is 1.38. The zero-order valence-electron chi connectivity index (χ0n) is 10.4. The second-order valence-corrected chi connectivity index (χ2v) is 5.23. The Morgan fingerprint density at radius 3 is 2.68 bits per heavy atom. The predicted octanol–water partition coefficient (Wildman–Crippen LogP) is 0.977. The molecule has 0 aliphatic carbocycles. The van der Waals surface area contributed by atoms with Crippen molar-refractivity contribution in [2.75, 3.05) is 26.2 Å². The van der Waals surface area contributed by atoms with Gasteiger partial charge in [0.15, 0.2) is 0 Å². The molecular formula is C12H15Cl2N3O2. The smallest absolute Gasteiger partial charge is 0.269 e. The van der Waals surface area contributed by atoms with Crippen LogP contribution in [-0.2, 0) is 11.3 Å². The standard InChI is InChI=1S/C12H15Cl2N3O2/c13-9-7-10(14)12(19)17(8-9)4-1-11(18)16-5-2-15-3-6-16/h7-8,15H,1-6H2. The van der Waals surface area contributed by atoms with E-state index in [4.69, 9.17) is 23.2 Å². The summed E-state index contributed by atoms with van der Waals surface area (Å²) in [5.41, 5.74) is -0.320. The van der Waals surface area contributed by atoms with Crippen LogP contribution in [0.15, 0.2) is 17.1 Å². The van der Waals surface area contributed by atoms with Gasteiger partial charge in [-0.25, -0.2) is 0 Å². The van der Waals surface area contributed by atoms with Crippen molar-refractivity contribution in [1.82, 2.24) is 14.8 Å². The average Bonchev–Trinajstić information content (AvgIpc) is 2.41. The molecule has 1 aliphatic heterocycles. The molecule has 1 amide bonds. The molecule has 1 aromatic rings. The first-order valence-corrected chi connectivity index (χ1v) is 6.87. The molecule has 7 heteroatoms. The first-order valence-electron chi connectivity index (χ1n) is 6.12. The minimum atomic E-state index is -0.320. The van der Waals surface area contributed by atoms with E-state index in [2.05, 4.69) is 5.32 Å². The Labute approximate surface area is 121 Å². The van der Waals surface area contributed by atoms with Crippen molar-refractivity contribution in [3.63, 3.8) is 0 Å². The van der Waals surface area contributed by atoms with E-state index in [1.54, 1.807) is 4.90 Å². The van der Waals surface area contributed by atoms with E-state index < -0.39 is 0 Å². The van der Waals surface area contributed by atoms with Gasteiger partial charge in [0.2, 0.25) is 5.91 Å². The lowest BCUT2D eigenvalue weighted by molar-refractivity contribution is -0.132. The summed E-state index contributed by atoms with van der Waals surface area (Å²) in [6.45, 7) is 3.35. The molecular weight excluding hydrogens is 289 g/mol. The largest absolute Gasteiger partial charge is 0.340 e. The monoisotopic (exact) mass is 303 g/mol. The van der Waals surface area contributed by atoms with E-state index in [9.17, 15) is 9.59 Å². The minimum Gasteiger partial charge on any atom is -0.340 e. The summed E-state index contributed by atoms with van der Waals surface area (Å²) in [6.07, 6.45) is 1.78. The van der Waals surface area contributed by atoms with Gasteiger partial charge in [0, 0.05) is 45.3 Å². The van der Waals surface area contributed by atoms with Gasteiger partial charge in [-0.05, 0) is 6.07 Å². The predicted molar refractivity (Wildman–Crippen MR) is 74.8 cm³/mol. The second kappa shape index (κ2) is 6.41. The van der Waals surface area contributed by atoms with Crippen LogP contribution in [0.1, 0.15) is 6.42 Å². The van der Waals surface area contributed by atoms with Crippen LogP contribution in [0.2, 0.25) is 10.0 Å². The van der Waals surface area contributed by atoms with Crippen LogP contribution >= 0.6 is 23.2 Å². The highest BCUT2D eigenvalue weighted by molar-refractivity contribution is 6.34. The van der Waals surface area contributed by atoms with E-state index in [-0.39, 0.29) is 22.9 Å². The number of piperazine rings is 1. The lowest BCUT2D eigenvalue weighted by Crippen LogP contribution is -2.46. The van der Waals surface area contributed by atoms with Crippen molar-refractivity contribution >= 4 is 29.1 Å². The Morgan fingerprint density at radius 1 is 1.32 bits per heavy atom. The van der Waals surface area contributed by atoms with E-state index in [1.807, 2.05) is 0 Å². The summed E-state index contributed by atoms with van der Waals surface area (Å²) in [5.74, 6) is 0.0458. The third kappa shape index (κ3) is 3.72. The molecule has 0 saturated carbocycles. The molecule has 0 bridgehead atoms.